The molecule has 0 spiro atoms. The minimum absolute atomic E-state index is 0. The summed E-state index contributed by atoms with van der Waals surface area (Å²) in [4.78, 5) is 0. The van der Waals surface area contributed by atoms with Crippen molar-refractivity contribution in [1.29, 1.82) is 0 Å². The first-order valence-corrected chi connectivity index (χ1v) is 3.73. The summed E-state index contributed by atoms with van der Waals surface area (Å²) < 4.78 is 28.0. The first kappa shape index (κ1) is 13.4. The molecule has 0 heterocycles. The Morgan fingerprint density at radius 1 is 1.30 bits per heavy atom. The molecule has 0 aromatic carbocycles. The molecule has 0 bridgehead atoms. The average Bonchev–Trinajstić information content (AvgIpc) is 2.45. The molecule has 1 aliphatic carbocycles. The summed E-state index contributed by atoms with van der Waals surface area (Å²) in [6.45, 7) is 0. The maximum Gasteiger partial charge on any atom is 1.00 e. The van der Waals surface area contributed by atoms with E-state index in [1.165, 1.54) is 19.3 Å². The molecular weight excluding hydrogens is 171 g/mol. The van der Waals surface area contributed by atoms with Crippen molar-refractivity contribution in [3.8, 4) is 0 Å². The zero-order valence-corrected chi connectivity index (χ0v) is 8.47. The third-order valence-corrected chi connectivity index (χ3v) is 0.636. The van der Waals surface area contributed by atoms with Crippen molar-refractivity contribution < 1.29 is 53.5 Å². The van der Waals surface area contributed by atoms with Crippen LogP contribution >= 0.6 is 0 Å². The predicted molar refractivity (Wildman–Crippen MR) is 30.2 cm³/mol. The number of hydrogen-bond donors (Lipinski definition) is 2. The van der Waals surface area contributed by atoms with Crippen molar-refractivity contribution >= 4 is 10.4 Å². The Hall–Kier alpha value is 0.830. The van der Waals surface area contributed by atoms with E-state index in [9.17, 15) is 0 Å². The molecule has 10 heavy (non-hydrogen) atoms. The minimum atomic E-state index is -4.61. The van der Waals surface area contributed by atoms with Crippen LogP contribution in [0.2, 0.25) is 0 Å². The molecule has 1 rings (SSSR count). The Labute approximate surface area is 83.0 Å². The van der Waals surface area contributed by atoms with Gasteiger partial charge in [0.25, 0.3) is 0 Å². The van der Waals surface area contributed by atoms with E-state index in [1.54, 1.807) is 0 Å². The van der Waals surface area contributed by atoms with Crippen molar-refractivity contribution in [2.75, 3.05) is 0 Å². The molecule has 0 saturated heterocycles. The predicted octanol–water partition coefficient (Wildman–Crippen LogP) is -2.43. The van der Waals surface area contributed by atoms with Gasteiger partial charge in [-0.1, -0.05) is 23.6 Å². The topological polar surface area (TPSA) is 83.8 Å². The van der Waals surface area contributed by atoms with Crippen LogP contribution in [-0.4, -0.2) is 18.2 Å². The van der Waals surface area contributed by atoms with Crippen LogP contribution in [0.15, 0.2) is 0 Å². The fourth-order valence-electron chi connectivity index (χ4n) is 0. The number of rotatable bonds is 1. The monoisotopic (exact) mass is 180 g/mol. The van der Waals surface area contributed by atoms with E-state index in [2.05, 4.69) is 4.33 Å². The van der Waals surface area contributed by atoms with Gasteiger partial charge in [0.2, 0.25) is 0 Å². The van der Waals surface area contributed by atoms with Crippen molar-refractivity contribution in [2.45, 2.75) is 19.3 Å². The van der Waals surface area contributed by atoms with Crippen LogP contribution in [0.25, 0.3) is 0 Å². The molecule has 0 amide bonds. The Balaban J connectivity index is -0.000000110. The van der Waals surface area contributed by atoms with Gasteiger partial charge in [0.15, 0.2) is 0 Å². The molecular formula is C3H9NaO5S. The van der Waals surface area contributed by atoms with Gasteiger partial charge in [-0.25, -0.2) is 5.26 Å². The maximum absolute atomic E-state index is 9.08. The Morgan fingerprint density at radius 2 is 1.50 bits per heavy atom. The molecule has 2 N–H and O–H groups in total. The first-order chi connectivity index (χ1) is 4.06. The van der Waals surface area contributed by atoms with E-state index >= 15 is 0 Å². The zero-order valence-electron chi connectivity index (χ0n) is 6.65. The molecule has 1 saturated carbocycles. The van der Waals surface area contributed by atoms with Crippen LogP contribution in [0, 0.1) is 0 Å². The summed E-state index contributed by atoms with van der Waals surface area (Å²) in [7, 11) is -4.61. The van der Waals surface area contributed by atoms with Crippen LogP contribution < -0.4 is 29.6 Å². The molecule has 1 fully saturated rings. The minimum Gasteiger partial charge on any atom is -1.00 e. The smallest absolute Gasteiger partial charge is 1.00 e. The van der Waals surface area contributed by atoms with Crippen molar-refractivity contribution in [3.63, 3.8) is 0 Å². The van der Waals surface area contributed by atoms with E-state index < -0.39 is 10.4 Å². The normalized spacial score (nSPS) is 14.2. The van der Waals surface area contributed by atoms with Crippen LogP contribution in [0.5, 0.6) is 0 Å². The molecule has 0 atom stereocenters. The fraction of sp³-hybridized carbons (Fsp3) is 1.00. The molecule has 7 heteroatoms. The van der Waals surface area contributed by atoms with Gasteiger partial charge >= 0.3 is 40.0 Å². The third kappa shape index (κ3) is 23.2. The standard InChI is InChI=1S/C3H6.Na.H2O5S.H/c1-2-3-1;;1-5-6(2,3)4;/h1-3H2;;1H,(H,2,3,4);/q;+1;;-1. The molecule has 0 radical (unpaired) electrons. The fourth-order valence-corrected chi connectivity index (χ4v) is 0. The van der Waals surface area contributed by atoms with E-state index in [4.69, 9.17) is 18.2 Å². The SMILES string of the molecule is C1CC1.O=S(=O)(O)OO.[H-].[Na+]. The van der Waals surface area contributed by atoms with Gasteiger partial charge < -0.3 is 1.43 Å². The van der Waals surface area contributed by atoms with Crippen LogP contribution in [0.4, 0.5) is 0 Å². The Kier molecular flexibility index (Phi) is 8.77. The summed E-state index contributed by atoms with van der Waals surface area (Å²) in [6.07, 6.45) is 4.50. The molecule has 0 aromatic heterocycles. The second kappa shape index (κ2) is 6.53. The van der Waals surface area contributed by atoms with Crippen LogP contribution in [0.1, 0.15) is 20.7 Å². The summed E-state index contributed by atoms with van der Waals surface area (Å²) in [5.41, 5.74) is 0. The first-order valence-electron chi connectivity index (χ1n) is 2.37. The van der Waals surface area contributed by atoms with Gasteiger partial charge in [0.1, 0.15) is 0 Å². The summed E-state index contributed by atoms with van der Waals surface area (Å²) >= 11 is 0. The summed E-state index contributed by atoms with van der Waals surface area (Å²) in [6, 6.07) is 0. The van der Waals surface area contributed by atoms with Crippen LogP contribution in [-0.2, 0) is 14.7 Å². The molecule has 0 aliphatic heterocycles. The van der Waals surface area contributed by atoms with Crippen molar-refractivity contribution in [2.24, 2.45) is 0 Å². The van der Waals surface area contributed by atoms with E-state index in [-0.39, 0.29) is 31.0 Å². The van der Waals surface area contributed by atoms with Gasteiger partial charge in [-0.05, 0) is 0 Å². The maximum atomic E-state index is 9.08. The Bertz CT molecular complexity index is 152. The van der Waals surface area contributed by atoms with E-state index in [0.29, 0.717) is 0 Å². The van der Waals surface area contributed by atoms with Gasteiger partial charge in [0.05, 0.1) is 0 Å². The molecule has 0 aromatic rings. The molecule has 5 nitrogen and oxygen atoms in total. The third-order valence-electron chi connectivity index (χ3n) is 0.448. The van der Waals surface area contributed by atoms with Crippen molar-refractivity contribution in [3.05, 3.63) is 0 Å². The van der Waals surface area contributed by atoms with E-state index in [1.807, 2.05) is 0 Å². The van der Waals surface area contributed by atoms with Gasteiger partial charge in [-0.3, -0.25) is 4.55 Å². The molecule has 0 unspecified atom stereocenters. The van der Waals surface area contributed by atoms with Gasteiger partial charge in [0, 0.05) is 0 Å². The quantitative estimate of drug-likeness (QED) is 0.203. The Morgan fingerprint density at radius 3 is 1.50 bits per heavy atom. The van der Waals surface area contributed by atoms with Gasteiger partial charge in [-0.2, -0.15) is 8.42 Å². The second-order valence-corrected chi connectivity index (χ2v) is 2.57. The van der Waals surface area contributed by atoms with Crippen LogP contribution in [0.3, 0.4) is 0 Å². The second-order valence-electron chi connectivity index (χ2n) is 1.56. The van der Waals surface area contributed by atoms with Crippen molar-refractivity contribution in [1.82, 2.24) is 0 Å². The molecule has 58 valence electrons. The number of hydrogen-bond acceptors (Lipinski definition) is 4. The van der Waals surface area contributed by atoms with E-state index in [0.717, 1.165) is 0 Å². The summed E-state index contributed by atoms with van der Waals surface area (Å²) in [5, 5.41) is 7.06. The molecule has 1 aliphatic rings. The summed E-state index contributed by atoms with van der Waals surface area (Å²) in [5.74, 6) is 0. The average molecular weight is 180 g/mol. The zero-order chi connectivity index (χ0) is 7.33. The van der Waals surface area contributed by atoms with Gasteiger partial charge in [-0.15, -0.1) is 0 Å². The largest absolute Gasteiger partial charge is 1.00 e.